The summed E-state index contributed by atoms with van der Waals surface area (Å²) in [6.07, 6.45) is 7.00. The van der Waals surface area contributed by atoms with Gasteiger partial charge in [0.2, 0.25) is 5.91 Å². The molecule has 0 N–H and O–H groups in total. The molecule has 120 valence electrons. The average molecular weight is 297 g/mol. The molecule has 5 heteroatoms. The highest BCUT2D eigenvalue weighted by molar-refractivity contribution is 5.84. The molecule has 1 amide bonds. The third-order valence-electron chi connectivity index (χ3n) is 4.59. The van der Waals surface area contributed by atoms with Crippen LogP contribution in [0.25, 0.3) is 0 Å². The number of likely N-dealkylation sites (tertiary alicyclic amines) is 1. The highest BCUT2D eigenvalue weighted by Crippen LogP contribution is 2.25. The van der Waals surface area contributed by atoms with Crippen molar-refractivity contribution in [3.63, 3.8) is 0 Å². The fourth-order valence-corrected chi connectivity index (χ4v) is 3.34. The van der Waals surface area contributed by atoms with Crippen molar-refractivity contribution in [2.45, 2.75) is 76.5 Å². The van der Waals surface area contributed by atoms with E-state index in [1.165, 1.54) is 0 Å². The summed E-state index contributed by atoms with van der Waals surface area (Å²) in [5.74, 6) is -0.173. The van der Waals surface area contributed by atoms with Gasteiger partial charge in [-0.25, -0.2) is 4.79 Å². The number of piperidine rings is 1. The summed E-state index contributed by atoms with van der Waals surface area (Å²) < 4.78 is 11.0. The van der Waals surface area contributed by atoms with Gasteiger partial charge < -0.3 is 14.4 Å². The number of methoxy groups -OCH3 is 1. The fraction of sp³-hybridized carbons (Fsp3) is 0.875. The zero-order valence-electron chi connectivity index (χ0n) is 13.2. The summed E-state index contributed by atoms with van der Waals surface area (Å²) in [4.78, 5) is 26.1. The van der Waals surface area contributed by atoms with Crippen molar-refractivity contribution in [1.29, 1.82) is 0 Å². The molecule has 5 nitrogen and oxygen atoms in total. The largest absolute Gasteiger partial charge is 0.461 e. The second-order valence-electron chi connectivity index (χ2n) is 6.04. The Balaban J connectivity index is 1.92. The molecule has 0 radical (unpaired) electrons. The standard InChI is InChI=1S/C16H27NO4/c1-3-15(18)17-10-5-4-9-14(17)16(19)21-13-8-6-7-12(11-13)20-2/h12-14H,3-11H2,1-2H3. The third kappa shape index (κ3) is 4.19. The van der Waals surface area contributed by atoms with Gasteiger partial charge in [-0.2, -0.15) is 0 Å². The maximum atomic E-state index is 12.4. The molecule has 0 bridgehead atoms. The van der Waals surface area contributed by atoms with Crippen molar-refractivity contribution in [2.75, 3.05) is 13.7 Å². The van der Waals surface area contributed by atoms with Crippen molar-refractivity contribution in [3.8, 4) is 0 Å². The molecule has 2 rings (SSSR count). The number of hydrogen-bond acceptors (Lipinski definition) is 4. The van der Waals surface area contributed by atoms with E-state index in [1.54, 1.807) is 12.0 Å². The van der Waals surface area contributed by atoms with E-state index in [2.05, 4.69) is 0 Å². The molecular weight excluding hydrogens is 270 g/mol. The number of hydrogen-bond donors (Lipinski definition) is 0. The number of esters is 1. The molecule has 3 atom stereocenters. The number of carbonyl (C=O) groups excluding carboxylic acids is 2. The van der Waals surface area contributed by atoms with Gasteiger partial charge >= 0.3 is 5.97 Å². The monoisotopic (exact) mass is 297 g/mol. The Bertz CT molecular complexity index is 371. The van der Waals surface area contributed by atoms with Crippen LogP contribution in [0, 0.1) is 0 Å². The van der Waals surface area contributed by atoms with Gasteiger partial charge in [0.05, 0.1) is 6.10 Å². The molecular formula is C16H27NO4. The number of nitrogens with zero attached hydrogens (tertiary/aromatic N) is 1. The summed E-state index contributed by atoms with van der Waals surface area (Å²) in [5, 5.41) is 0. The molecule has 1 saturated heterocycles. The first kappa shape index (κ1) is 16.3. The van der Waals surface area contributed by atoms with Crippen LogP contribution in [0.2, 0.25) is 0 Å². The van der Waals surface area contributed by atoms with Gasteiger partial charge in [0, 0.05) is 26.5 Å². The summed E-state index contributed by atoms with van der Waals surface area (Å²) in [6.45, 7) is 2.52. The molecule has 3 unspecified atom stereocenters. The zero-order chi connectivity index (χ0) is 15.2. The molecule has 2 fully saturated rings. The van der Waals surface area contributed by atoms with E-state index in [-0.39, 0.29) is 30.1 Å². The van der Waals surface area contributed by atoms with Gasteiger partial charge in [-0.3, -0.25) is 4.79 Å². The highest BCUT2D eigenvalue weighted by Gasteiger charge is 2.34. The first-order valence-corrected chi connectivity index (χ1v) is 8.18. The summed E-state index contributed by atoms with van der Waals surface area (Å²) in [7, 11) is 1.71. The maximum absolute atomic E-state index is 12.4. The molecule has 1 aliphatic heterocycles. The Kier molecular flexibility index (Phi) is 6.03. The molecule has 2 aliphatic rings. The van der Waals surface area contributed by atoms with Crippen molar-refractivity contribution in [2.24, 2.45) is 0 Å². The number of ether oxygens (including phenoxy) is 2. The van der Waals surface area contributed by atoms with Crippen LogP contribution in [0.4, 0.5) is 0 Å². The summed E-state index contributed by atoms with van der Waals surface area (Å²) >= 11 is 0. The summed E-state index contributed by atoms with van der Waals surface area (Å²) in [5.41, 5.74) is 0. The van der Waals surface area contributed by atoms with Crippen molar-refractivity contribution in [3.05, 3.63) is 0 Å². The smallest absolute Gasteiger partial charge is 0.329 e. The van der Waals surface area contributed by atoms with Gasteiger partial charge in [-0.1, -0.05) is 6.92 Å². The molecule has 0 spiro atoms. The van der Waals surface area contributed by atoms with E-state index in [0.29, 0.717) is 13.0 Å². The van der Waals surface area contributed by atoms with Crippen LogP contribution in [0.15, 0.2) is 0 Å². The fourth-order valence-electron chi connectivity index (χ4n) is 3.34. The van der Waals surface area contributed by atoms with Gasteiger partial charge in [-0.05, 0) is 38.5 Å². The Hall–Kier alpha value is -1.10. The Morgan fingerprint density at radius 3 is 2.57 bits per heavy atom. The van der Waals surface area contributed by atoms with Gasteiger partial charge in [0.25, 0.3) is 0 Å². The maximum Gasteiger partial charge on any atom is 0.329 e. The lowest BCUT2D eigenvalue weighted by molar-refractivity contribution is -0.164. The number of amides is 1. The first-order valence-electron chi connectivity index (χ1n) is 8.18. The lowest BCUT2D eigenvalue weighted by Crippen LogP contribution is -2.49. The van der Waals surface area contributed by atoms with Crippen LogP contribution >= 0.6 is 0 Å². The average Bonchev–Trinajstić information content (AvgIpc) is 2.54. The molecule has 0 aromatic rings. The minimum absolute atomic E-state index is 0.0510. The Morgan fingerprint density at radius 1 is 1.10 bits per heavy atom. The molecule has 0 aromatic carbocycles. The van der Waals surface area contributed by atoms with Crippen LogP contribution in [-0.4, -0.2) is 48.7 Å². The SMILES string of the molecule is CCC(=O)N1CCCCC1C(=O)OC1CCCC(OC)C1. The molecule has 1 saturated carbocycles. The van der Waals surface area contributed by atoms with E-state index < -0.39 is 0 Å². The number of carbonyl (C=O) groups is 2. The van der Waals surface area contributed by atoms with Crippen LogP contribution < -0.4 is 0 Å². The van der Waals surface area contributed by atoms with Crippen molar-refractivity contribution >= 4 is 11.9 Å². The van der Waals surface area contributed by atoms with Gasteiger partial charge in [-0.15, -0.1) is 0 Å². The van der Waals surface area contributed by atoms with Crippen LogP contribution in [0.3, 0.4) is 0 Å². The molecule has 1 heterocycles. The summed E-state index contributed by atoms with van der Waals surface area (Å²) in [6, 6.07) is -0.380. The zero-order valence-corrected chi connectivity index (χ0v) is 13.2. The topological polar surface area (TPSA) is 55.8 Å². The predicted octanol–water partition coefficient (Wildman–Crippen LogP) is 2.28. The van der Waals surface area contributed by atoms with E-state index in [1.807, 2.05) is 6.92 Å². The second kappa shape index (κ2) is 7.78. The third-order valence-corrected chi connectivity index (χ3v) is 4.59. The minimum atomic E-state index is -0.380. The van der Waals surface area contributed by atoms with E-state index in [9.17, 15) is 9.59 Å². The van der Waals surface area contributed by atoms with E-state index in [4.69, 9.17) is 9.47 Å². The number of rotatable bonds is 4. The normalized spacial score (nSPS) is 30.0. The van der Waals surface area contributed by atoms with Crippen molar-refractivity contribution in [1.82, 2.24) is 4.90 Å². The second-order valence-corrected chi connectivity index (χ2v) is 6.04. The lowest BCUT2D eigenvalue weighted by atomic mass is 9.94. The lowest BCUT2D eigenvalue weighted by Gasteiger charge is -2.36. The van der Waals surface area contributed by atoms with Crippen LogP contribution in [-0.2, 0) is 19.1 Å². The van der Waals surface area contributed by atoms with Crippen LogP contribution in [0.1, 0.15) is 58.3 Å². The van der Waals surface area contributed by atoms with E-state index >= 15 is 0 Å². The predicted molar refractivity (Wildman–Crippen MR) is 78.8 cm³/mol. The van der Waals surface area contributed by atoms with E-state index in [0.717, 1.165) is 44.9 Å². The Morgan fingerprint density at radius 2 is 1.86 bits per heavy atom. The Labute approximate surface area is 127 Å². The molecule has 0 aromatic heterocycles. The minimum Gasteiger partial charge on any atom is -0.461 e. The van der Waals surface area contributed by atoms with Crippen LogP contribution in [0.5, 0.6) is 0 Å². The molecule has 1 aliphatic carbocycles. The van der Waals surface area contributed by atoms with Gasteiger partial charge in [0.1, 0.15) is 12.1 Å². The van der Waals surface area contributed by atoms with Crippen molar-refractivity contribution < 1.29 is 19.1 Å². The molecule has 21 heavy (non-hydrogen) atoms. The quantitative estimate of drug-likeness (QED) is 0.747. The highest BCUT2D eigenvalue weighted by atomic mass is 16.5. The first-order chi connectivity index (χ1) is 10.2. The van der Waals surface area contributed by atoms with Gasteiger partial charge in [0.15, 0.2) is 0 Å².